The van der Waals surface area contributed by atoms with Crippen molar-refractivity contribution in [2.24, 2.45) is 11.8 Å². The summed E-state index contributed by atoms with van der Waals surface area (Å²) in [5, 5.41) is 9.78. The molecule has 1 saturated heterocycles. The van der Waals surface area contributed by atoms with E-state index in [2.05, 4.69) is 38.1 Å². The molecule has 1 fully saturated rings. The molecule has 0 unspecified atom stereocenters. The van der Waals surface area contributed by atoms with Gasteiger partial charge in [0, 0.05) is 18.1 Å². The summed E-state index contributed by atoms with van der Waals surface area (Å²) in [5.41, 5.74) is 1.55. The van der Waals surface area contributed by atoms with E-state index in [0.717, 1.165) is 10.5 Å². The molecule has 1 aliphatic heterocycles. The number of hydrogen-bond acceptors (Lipinski definition) is 5. The standard InChI is InChI=1S/C25H39NO6/c1-16(2)13-31-22-18(4)32-23(27)21(26(24(28)29)25(5,6)7)15-30-14-20(22)12-19-10-8-17(3)9-11-19/h8-11,16,18,20-22H,12-15H2,1-7H3,(H,28,29)/t18-,20-,21-,22-/m0/s1. The molecule has 0 aromatic heterocycles. The molecule has 7 nitrogen and oxygen atoms in total. The molecule has 180 valence electrons. The lowest BCUT2D eigenvalue weighted by Gasteiger charge is -2.38. The molecule has 1 aromatic carbocycles. The molecule has 2 rings (SSSR count). The first-order chi connectivity index (χ1) is 14.9. The normalized spacial score (nSPS) is 24.9. The molecule has 0 saturated carbocycles. The lowest BCUT2D eigenvalue weighted by atomic mass is 9.91. The van der Waals surface area contributed by atoms with Crippen LogP contribution in [-0.4, -0.2) is 65.7 Å². The summed E-state index contributed by atoms with van der Waals surface area (Å²) < 4.78 is 18.0. The number of aryl methyl sites for hydroxylation is 1. The highest BCUT2D eigenvalue weighted by molar-refractivity contribution is 5.81. The summed E-state index contributed by atoms with van der Waals surface area (Å²) in [6, 6.07) is 7.28. The topological polar surface area (TPSA) is 85.3 Å². The molecule has 1 heterocycles. The largest absolute Gasteiger partial charge is 0.465 e. The van der Waals surface area contributed by atoms with Crippen LogP contribution >= 0.6 is 0 Å². The van der Waals surface area contributed by atoms with Crippen LogP contribution in [0.1, 0.15) is 52.7 Å². The van der Waals surface area contributed by atoms with Crippen LogP contribution in [0.15, 0.2) is 24.3 Å². The fourth-order valence-corrected chi connectivity index (χ4v) is 4.05. The second-order valence-electron chi connectivity index (χ2n) is 10.2. The molecule has 1 aliphatic rings. The number of benzene rings is 1. The van der Waals surface area contributed by atoms with Gasteiger partial charge in [-0.1, -0.05) is 43.7 Å². The van der Waals surface area contributed by atoms with Crippen LogP contribution < -0.4 is 0 Å². The first kappa shape index (κ1) is 26.1. The number of rotatable bonds is 6. The Morgan fingerprint density at radius 2 is 1.84 bits per heavy atom. The summed E-state index contributed by atoms with van der Waals surface area (Å²) in [5.74, 6) is -0.336. The molecule has 32 heavy (non-hydrogen) atoms. The van der Waals surface area contributed by atoms with Gasteiger partial charge >= 0.3 is 12.1 Å². The monoisotopic (exact) mass is 449 g/mol. The van der Waals surface area contributed by atoms with Crippen LogP contribution in [0.5, 0.6) is 0 Å². The SMILES string of the molecule is Cc1ccc(C[C@H]2COC[C@H](N(C(=O)O)C(C)(C)C)C(=O)O[C@@H](C)[C@@H]2OCC(C)C)cc1. The fourth-order valence-electron chi connectivity index (χ4n) is 4.05. The second-order valence-corrected chi connectivity index (χ2v) is 10.2. The fraction of sp³-hybridized carbons (Fsp3) is 0.680. The summed E-state index contributed by atoms with van der Waals surface area (Å²) >= 11 is 0. The molecule has 4 atom stereocenters. The lowest BCUT2D eigenvalue weighted by Crippen LogP contribution is -2.56. The van der Waals surface area contributed by atoms with Gasteiger partial charge in [0.15, 0.2) is 6.04 Å². The number of carboxylic acid groups (broad SMARTS) is 1. The highest BCUT2D eigenvalue weighted by Crippen LogP contribution is 2.26. The van der Waals surface area contributed by atoms with Gasteiger partial charge in [0.25, 0.3) is 0 Å². The van der Waals surface area contributed by atoms with Crippen LogP contribution in [0, 0.1) is 18.8 Å². The van der Waals surface area contributed by atoms with Gasteiger partial charge in [0.1, 0.15) is 6.10 Å². The van der Waals surface area contributed by atoms with Crippen LogP contribution in [-0.2, 0) is 25.4 Å². The van der Waals surface area contributed by atoms with Crippen molar-refractivity contribution < 1.29 is 28.9 Å². The van der Waals surface area contributed by atoms with Gasteiger partial charge in [0.2, 0.25) is 0 Å². The number of nitrogens with zero attached hydrogens (tertiary/aromatic N) is 1. The molecular formula is C25H39NO6. The van der Waals surface area contributed by atoms with E-state index in [1.165, 1.54) is 5.56 Å². The number of ether oxygens (including phenoxy) is 3. The van der Waals surface area contributed by atoms with E-state index in [1.54, 1.807) is 20.8 Å². The predicted octanol–water partition coefficient (Wildman–Crippen LogP) is 4.30. The zero-order valence-electron chi connectivity index (χ0n) is 20.5. The lowest BCUT2D eigenvalue weighted by molar-refractivity contribution is -0.165. The first-order valence-corrected chi connectivity index (χ1v) is 11.4. The molecule has 1 N–H and O–H groups in total. The van der Waals surface area contributed by atoms with Crippen molar-refractivity contribution in [2.45, 2.75) is 78.7 Å². The van der Waals surface area contributed by atoms with E-state index in [4.69, 9.17) is 14.2 Å². The third-order valence-electron chi connectivity index (χ3n) is 5.59. The van der Waals surface area contributed by atoms with Crippen LogP contribution in [0.2, 0.25) is 0 Å². The average Bonchev–Trinajstić information content (AvgIpc) is 2.71. The van der Waals surface area contributed by atoms with Gasteiger partial charge in [0.05, 0.1) is 19.3 Å². The molecule has 0 bridgehead atoms. The third-order valence-corrected chi connectivity index (χ3v) is 5.59. The van der Waals surface area contributed by atoms with Crippen LogP contribution in [0.4, 0.5) is 4.79 Å². The van der Waals surface area contributed by atoms with E-state index in [-0.39, 0.29) is 18.6 Å². The van der Waals surface area contributed by atoms with Gasteiger partial charge in [-0.05, 0) is 52.5 Å². The van der Waals surface area contributed by atoms with E-state index in [0.29, 0.717) is 25.6 Å². The summed E-state index contributed by atoms with van der Waals surface area (Å²) in [6.07, 6.45) is -1.39. The van der Waals surface area contributed by atoms with Gasteiger partial charge < -0.3 is 19.3 Å². The Labute approximate surface area is 192 Å². The highest BCUT2D eigenvalue weighted by atomic mass is 16.6. The Bertz CT molecular complexity index is 755. The van der Waals surface area contributed by atoms with Crippen molar-refractivity contribution in [3.63, 3.8) is 0 Å². The summed E-state index contributed by atoms with van der Waals surface area (Å²) in [4.78, 5) is 26.1. The quantitative estimate of drug-likeness (QED) is 0.652. The maximum Gasteiger partial charge on any atom is 0.408 e. The van der Waals surface area contributed by atoms with Crippen molar-refractivity contribution in [1.29, 1.82) is 0 Å². The number of esters is 1. The maximum absolute atomic E-state index is 13.0. The van der Waals surface area contributed by atoms with Crippen LogP contribution in [0.25, 0.3) is 0 Å². The van der Waals surface area contributed by atoms with Crippen molar-refractivity contribution >= 4 is 12.1 Å². The second kappa shape index (κ2) is 11.1. The molecule has 0 radical (unpaired) electrons. The van der Waals surface area contributed by atoms with Crippen molar-refractivity contribution in [2.75, 3.05) is 19.8 Å². The van der Waals surface area contributed by atoms with E-state index >= 15 is 0 Å². The third kappa shape index (κ3) is 7.20. The highest BCUT2D eigenvalue weighted by Gasteiger charge is 2.42. The maximum atomic E-state index is 13.0. The van der Waals surface area contributed by atoms with Crippen molar-refractivity contribution in [3.05, 3.63) is 35.4 Å². The summed E-state index contributed by atoms with van der Waals surface area (Å²) in [7, 11) is 0. The first-order valence-electron chi connectivity index (χ1n) is 11.4. The van der Waals surface area contributed by atoms with Gasteiger partial charge in [-0.25, -0.2) is 9.59 Å². The minimum Gasteiger partial charge on any atom is -0.465 e. The Morgan fingerprint density at radius 1 is 1.22 bits per heavy atom. The molecule has 1 aromatic rings. The van der Waals surface area contributed by atoms with E-state index in [1.807, 2.05) is 13.8 Å². The van der Waals surface area contributed by atoms with Crippen LogP contribution in [0.3, 0.4) is 0 Å². The Balaban J connectivity index is 2.32. The predicted molar refractivity (Wildman–Crippen MR) is 123 cm³/mol. The number of carbonyl (C=O) groups is 2. The van der Waals surface area contributed by atoms with Crippen molar-refractivity contribution in [1.82, 2.24) is 4.90 Å². The molecule has 0 spiro atoms. The average molecular weight is 450 g/mol. The molecule has 1 amide bonds. The Hall–Kier alpha value is -2.12. The molecule has 0 aliphatic carbocycles. The minimum atomic E-state index is -1.18. The number of carbonyl (C=O) groups excluding carboxylic acids is 1. The Morgan fingerprint density at radius 3 is 2.38 bits per heavy atom. The Kier molecular flexibility index (Phi) is 9.10. The van der Waals surface area contributed by atoms with E-state index < -0.39 is 29.7 Å². The number of cyclic esters (lactones) is 1. The summed E-state index contributed by atoms with van der Waals surface area (Å²) in [6.45, 7) is 14.1. The molecule has 7 heteroatoms. The minimum absolute atomic E-state index is 0.0501. The van der Waals surface area contributed by atoms with Gasteiger partial charge in [-0.15, -0.1) is 0 Å². The smallest absolute Gasteiger partial charge is 0.408 e. The number of amides is 1. The number of hydrogen-bond donors (Lipinski definition) is 1. The van der Waals surface area contributed by atoms with Gasteiger partial charge in [-0.3, -0.25) is 4.90 Å². The van der Waals surface area contributed by atoms with Crippen molar-refractivity contribution in [3.8, 4) is 0 Å². The molecular weight excluding hydrogens is 410 g/mol. The zero-order valence-corrected chi connectivity index (χ0v) is 20.5. The zero-order chi connectivity index (χ0) is 24.1. The van der Waals surface area contributed by atoms with E-state index in [9.17, 15) is 14.7 Å². The van der Waals surface area contributed by atoms with Gasteiger partial charge in [-0.2, -0.15) is 0 Å².